The van der Waals surface area contributed by atoms with Gasteiger partial charge in [-0.1, -0.05) is 48.0 Å². The summed E-state index contributed by atoms with van der Waals surface area (Å²) < 4.78 is 11.8. The van der Waals surface area contributed by atoms with Gasteiger partial charge in [0.2, 0.25) is 5.89 Å². The molecular formula is C24H20ClN3O3. The van der Waals surface area contributed by atoms with Gasteiger partial charge in [0.15, 0.2) is 6.10 Å². The van der Waals surface area contributed by atoms with E-state index in [1.165, 1.54) is 0 Å². The molecule has 1 atom stereocenters. The van der Waals surface area contributed by atoms with Gasteiger partial charge in [-0.2, -0.15) is 0 Å². The Kier molecular flexibility index (Phi) is 6.00. The van der Waals surface area contributed by atoms with Crippen molar-refractivity contribution in [2.75, 3.05) is 5.32 Å². The minimum absolute atomic E-state index is 0.296. The number of benzene rings is 3. The molecule has 0 spiro atoms. The van der Waals surface area contributed by atoms with E-state index in [2.05, 4.69) is 15.5 Å². The van der Waals surface area contributed by atoms with Crippen molar-refractivity contribution in [2.45, 2.75) is 20.0 Å². The first-order valence-corrected chi connectivity index (χ1v) is 10.1. The second-order valence-corrected chi connectivity index (χ2v) is 7.42. The summed E-state index contributed by atoms with van der Waals surface area (Å²) in [4.78, 5) is 12.7. The predicted molar refractivity (Wildman–Crippen MR) is 120 cm³/mol. The Morgan fingerprint density at radius 3 is 2.52 bits per heavy atom. The van der Waals surface area contributed by atoms with E-state index in [9.17, 15) is 4.79 Å². The smallest absolute Gasteiger partial charge is 0.265 e. The molecule has 1 amide bonds. The molecule has 156 valence electrons. The molecule has 1 N–H and O–H groups in total. The zero-order valence-electron chi connectivity index (χ0n) is 17.0. The lowest BCUT2D eigenvalue weighted by molar-refractivity contribution is -0.122. The summed E-state index contributed by atoms with van der Waals surface area (Å²) in [5.41, 5.74) is 2.98. The van der Waals surface area contributed by atoms with Crippen LogP contribution in [0.3, 0.4) is 0 Å². The number of hydrogen-bond donors (Lipinski definition) is 1. The SMILES string of the molecule is Cc1ccc(Cl)cc1NC(=O)C(C)Oc1ccccc1-c1nnc(-c2ccccc2)o1. The van der Waals surface area contributed by atoms with Crippen LogP contribution in [0.2, 0.25) is 5.02 Å². The Hall–Kier alpha value is -3.64. The molecule has 1 aromatic heterocycles. The van der Waals surface area contributed by atoms with Crippen LogP contribution < -0.4 is 10.1 Å². The van der Waals surface area contributed by atoms with Crippen molar-refractivity contribution in [2.24, 2.45) is 0 Å². The van der Waals surface area contributed by atoms with Crippen molar-refractivity contribution in [3.05, 3.63) is 83.4 Å². The number of nitrogens with one attached hydrogen (secondary N) is 1. The number of para-hydroxylation sites is 1. The van der Waals surface area contributed by atoms with Crippen LogP contribution in [0, 0.1) is 6.92 Å². The third kappa shape index (κ3) is 4.75. The highest BCUT2D eigenvalue weighted by Gasteiger charge is 2.20. The average Bonchev–Trinajstić information content (AvgIpc) is 3.27. The van der Waals surface area contributed by atoms with E-state index < -0.39 is 6.10 Å². The van der Waals surface area contributed by atoms with Crippen molar-refractivity contribution in [3.63, 3.8) is 0 Å². The Morgan fingerprint density at radius 2 is 1.71 bits per heavy atom. The number of nitrogens with zero attached hydrogens (tertiary/aromatic N) is 2. The molecule has 0 aliphatic carbocycles. The first-order valence-electron chi connectivity index (χ1n) is 9.73. The highest BCUT2D eigenvalue weighted by Crippen LogP contribution is 2.31. The Labute approximate surface area is 184 Å². The van der Waals surface area contributed by atoms with E-state index in [1.54, 1.807) is 25.1 Å². The molecule has 0 saturated carbocycles. The maximum atomic E-state index is 12.7. The van der Waals surface area contributed by atoms with Crippen LogP contribution >= 0.6 is 11.6 Å². The van der Waals surface area contributed by atoms with Gasteiger partial charge in [-0.25, -0.2) is 0 Å². The molecule has 0 fully saturated rings. The fraction of sp³-hybridized carbons (Fsp3) is 0.125. The summed E-state index contributed by atoms with van der Waals surface area (Å²) in [7, 11) is 0. The van der Waals surface area contributed by atoms with Gasteiger partial charge in [0.25, 0.3) is 11.8 Å². The Morgan fingerprint density at radius 1 is 1.00 bits per heavy atom. The number of carbonyl (C=O) groups excluding carboxylic acids is 1. The Bertz CT molecular complexity index is 1210. The monoisotopic (exact) mass is 433 g/mol. The number of aromatic nitrogens is 2. The fourth-order valence-corrected chi connectivity index (χ4v) is 3.15. The third-order valence-corrected chi connectivity index (χ3v) is 4.93. The van der Waals surface area contributed by atoms with Gasteiger partial charge in [0.1, 0.15) is 5.75 Å². The van der Waals surface area contributed by atoms with E-state index in [0.29, 0.717) is 33.8 Å². The fourth-order valence-electron chi connectivity index (χ4n) is 2.98. The highest BCUT2D eigenvalue weighted by molar-refractivity contribution is 6.31. The van der Waals surface area contributed by atoms with E-state index in [1.807, 2.05) is 61.5 Å². The summed E-state index contributed by atoms with van der Waals surface area (Å²) in [6.45, 7) is 3.57. The number of carbonyl (C=O) groups is 1. The standard InChI is InChI=1S/C24H20ClN3O3/c1-15-12-13-18(25)14-20(15)26-22(29)16(2)30-21-11-7-6-10-19(21)24-28-27-23(31-24)17-8-4-3-5-9-17/h3-14,16H,1-2H3,(H,26,29). The summed E-state index contributed by atoms with van der Waals surface area (Å²) in [6, 6.07) is 22.1. The maximum absolute atomic E-state index is 12.7. The zero-order valence-corrected chi connectivity index (χ0v) is 17.8. The summed E-state index contributed by atoms with van der Waals surface area (Å²) in [5.74, 6) is 0.896. The molecule has 7 heteroatoms. The Balaban J connectivity index is 1.53. The van der Waals surface area contributed by atoms with Crippen LogP contribution in [0.1, 0.15) is 12.5 Å². The van der Waals surface area contributed by atoms with Gasteiger partial charge < -0.3 is 14.5 Å². The second kappa shape index (κ2) is 9.02. The van der Waals surface area contributed by atoms with E-state index in [-0.39, 0.29) is 5.91 Å². The molecule has 4 aromatic rings. The van der Waals surface area contributed by atoms with Crippen molar-refractivity contribution < 1.29 is 13.9 Å². The van der Waals surface area contributed by atoms with Crippen molar-refractivity contribution >= 4 is 23.2 Å². The van der Waals surface area contributed by atoms with Crippen molar-refractivity contribution in [1.82, 2.24) is 10.2 Å². The van der Waals surface area contributed by atoms with Crippen LogP contribution in [0.5, 0.6) is 5.75 Å². The molecule has 0 aliphatic rings. The molecule has 0 bridgehead atoms. The van der Waals surface area contributed by atoms with Crippen LogP contribution in [0.25, 0.3) is 22.9 Å². The predicted octanol–water partition coefficient (Wildman–Crippen LogP) is 5.77. The van der Waals surface area contributed by atoms with E-state index >= 15 is 0 Å². The molecular weight excluding hydrogens is 414 g/mol. The lowest BCUT2D eigenvalue weighted by Crippen LogP contribution is -2.30. The maximum Gasteiger partial charge on any atom is 0.265 e. The highest BCUT2D eigenvalue weighted by atomic mass is 35.5. The van der Waals surface area contributed by atoms with E-state index in [0.717, 1.165) is 11.1 Å². The largest absolute Gasteiger partial charge is 0.480 e. The van der Waals surface area contributed by atoms with Crippen LogP contribution in [-0.2, 0) is 4.79 Å². The number of hydrogen-bond acceptors (Lipinski definition) is 5. The quantitative estimate of drug-likeness (QED) is 0.417. The number of anilines is 1. The molecule has 31 heavy (non-hydrogen) atoms. The van der Waals surface area contributed by atoms with Gasteiger partial charge in [0, 0.05) is 16.3 Å². The van der Waals surface area contributed by atoms with Gasteiger partial charge in [-0.05, 0) is 55.8 Å². The molecule has 1 unspecified atom stereocenters. The van der Waals surface area contributed by atoms with Crippen molar-refractivity contribution in [1.29, 1.82) is 0 Å². The third-order valence-electron chi connectivity index (χ3n) is 4.69. The number of rotatable bonds is 6. The lowest BCUT2D eigenvalue weighted by atomic mass is 10.2. The van der Waals surface area contributed by atoms with Crippen molar-refractivity contribution in [3.8, 4) is 28.7 Å². The second-order valence-electron chi connectivity index (χ2n) is 6.98. The minimum Gasteiger partial charge on any atom is -0.480 e. The molecule has 0 radical (unpaired) electrons. The van der Waals surface area contributed by atoms with Crippen LogP contribution in [0.4, 0.5) is 5.69 Å². The normalized spacial score (nSPS) is 11.7. The van der Waals surface area contributed by atoms with E-state index in [4.69, 9.17) is 20.8 Å². The number of halogens is 1. The first-order chi connectivity index (χ1) is 15.0. The molecule has 6 nitrogen and oxygen atoms in total. The van der Waals surface area contributed by atoms with Crippen LogP contribution in [-0.4, -0.2) is 22.2 Å². The average molecular weight is 434 g/mol. The van der Waals surface area contributed by atoms with Gasteiger partial charge in [0.05, 0.1) is 5.56 Å². The molecule has 0 saturated heterocycles. The molecule has 3 aromatic carbocycles. The minimum atomic E-state index is -0.768. The number of amides is 1. The molecule has 0 aliphatic heterocycles. The lowest BCUT2D eigenvalue weighted by Gasteiger charge is -2.17. The first kappa shape index (κ1) is 20.6. The van der Waals surface area contributed by atoms with Crippen LogP contribution in [0.15, 0.2) is 77.2 Å². The zero-order chi connectivity index (χ0) is 21.8. The van der Waals surface area contributed by atoms with Gasteiger partial charge in [-0.15, -0.1) is 10.2 Å². The topological polar surface area (TPSA) is 77.2 Å². The number of aryl methyl sites for hydroxylation is 1. The summed E-state index contributed by atoms with van der Waals surface area (Å²) >= 11 is 6.04. The summed E-state index contributed by atoms with van der Waals surface area (Å²) in [6.07, 6.45) is -0.768. The molecule has 4 rings (SSSR count). The van der Waals surface area contributed by atoms with Gasteiger partial charge >= 0.3 is 0 Å². The van der Waals surface area contributed by atoms with Gasteiger partial charge in [-0.3, -0.25) is 4.79 Å². The number of ether oxygens (including phenoxy) is 1. The molecule has 1 heterocycles. The summed E-state index contributed by atoms with van der Waals surface area (Å²) in [5, 5.41) is 11.7.